The van der Waals surface area contributed by atoms with Gasteiger partial charge >= 0.3 is 5.97 Å². The van der Waals surface area contributed by atoms with Crippen molar-refractivity contribution in [3.05, 3.63) is 24.3 Å². The highest BCUT2D eigenvalue weighted by Gasteiger charge is 2.18. The van der Waals surface area contributed by atoms with Crippen LogP contribution in [0.4, 0.5) is 0 Å². The minimum atomic E-state index is -0.844. The van der Waals surface area contributed by atoms with E-state index in [1.165, 1.54) is 283 Å². The van der Waals surface area contributed by atoms with Gasteiger partial charge in [0.1, 0.15) is 0 Å². The summed E-state index contributed by atoms with van der Waals surface area (Å²) < 4.78 is 5.50. The summed E-state index contributed by atoms with van der Waals surface area (Å²) in [6.45, 7) is 4.92. The van der Waals surface area contributed by atoms with E-state index in [0.717, 1.165) is 44.9 Å². The molecule has 0 bridgehead atoms. The molecule has 420 valence electrons. The summed E-state index contributed by atoms with van der Waals surface area (Å²) >= 11 is 0. The van der Waals surface area contributed by atoms with Crippen LogP contribution < -0.4 is 5.32 Å². The van der Waals surface area contributed by atoms with Gasteiger partial charge < -0.3 is 20.3 Å². The van der Waals surface area contributed by atoms with Gasteiger partial charge in [0.15, 0.2) is 0 Å². The number of amides is 1. The number of rotatable bonds is 60. The van der Waals surface area contributed by atoms with Gasteiger partial charge in [0, 0.05) is 12.8 Å². The van der Waals surface area contributed by atoms with Crippen molar-refractivity contribution in [1.82, 2.24) is 5.32 Å². The summed E-state index contributed by atoms with van der Waals surface area (Å²) in [6.07, 6.45) is 75.1. The minimum absolute atomic E-state index is 0.0114. The van der Waals surface area contributed by atoms with Gasteiger partial charge in [-0.15, -0.1) is 0 Å². The number of aliphatic hydroxyl groups is 2. The van der Waals surface area contributed by atoms with Gasteiger partial charge in [-0.1, -0.05) is 308 Å². The Morgan fingerprint density at radius 3 is 1.00 bits per heavy atom. The highest BCUT2D eigenvalue weighted by Crippen LogP contribution is 2.18. The first-order chi connectivity index (χ1) is 35.0. The molecule has 0 fully saturated rings. The van der Waals surface area contributed by atoms with E-state index < -0.39 is 12.1 Å². The van der Waals surface area contributed by atoms with Crippen LogP contribution in [-0.2, 0) is 14.3 Å². The molecule has 0 radical (unpaired) electrons. The van der Waals surface area contributed by atoms with E-state index in [-0.39, 0.29) is 18.5 Å². The second-order valence-corrected chi connectivity index (χ2v) is 22.1. The summed E-state index contributed by atoms with van der Waals surface area (Å²) in [5.74, 6) is -0.0560. The number of allylic oxidation sites excluding steroid dienone is 3. The topological polar surface area (TPSA) is 95.9 Å². The van der Waals surface area contributed by atoms with Crippen molar-refractivity contribution in [1.29, 1.82) is 0 Å². The third kappa shape index (κ3) is 57.5. The quantitative estimate of drug-likeness (QED) is 0.0320. The molecule has 0 heterocycles. The molecule has 0 aliphatic heterocycles. The molecule has 0 aromatic carbocycles. The smallest absolute Gasteiger partial charge is 0.305 e. The van der Waals surface area contributed by atoms with Crippen LogP contribution in [0.15, 0.2) is 24.3 Å². The van der Waals surface area contributed by atoms with Gasteiger partial charge in [-0.25, -0.2) is 0 Å². The molecule has 0 aromatic rings. The predicted molar refractivity (Wildman–Crippen MR) is 310 cm³/mol. The maximum Gasteiger partial charge on any atom is 0.305 e. The Labute approximate surface area is 443 Å². The van der Waals surface area contributed by atoms with Gasteiger partial charge in [0.25, 0.3) is 0 Å². The molecular weight excluding hydrogens is 875 g/mol. The fourth-order valence-electron chi connectivity index (χ4n) is 10.0. The van der Waals surface area contributed by atoms with Gasteiger partial charge in [0.05, 0.1) is 25.4 Å². The van der Waals surface area contributed by atoms with Crippen molar-refractivity contribution >= 4 is 11.9 Å². The van der Waals surface area contributed by atoms with Crippen LogP contribution in [0.2, 0.25) is 0 Å². The molecule has 2 unspecified atom stereocenters. The highest BCUT2D eigenvalue weighted by atomic mass is 16.5. The molecule has 0 saturated heterocycles. The highest BCUT2D eigenvalue weighted by molar-refractivity contribution is 5.76. The largest absolute Gasteiger partial charge is 0.466 e. The number of esters is 1. The molecule has 6 heteroatoms. The lowest BCUT2D eigenvalue weighted by Gasteiger charge is -2.20. The number of carbonyl (C=O) groups excluding carboxylic acids is 2. The fourth-order valence-corrected chi connectivity index (χ4v) is 10.0. The van der Waals surface area contributed by atoms with Crippen molar-refractivity contribution in [3.8, 4) is 0 Å². The number of aliphatic hydroxyl groups excluding tert-OH is 2. The molecule has 3 N–H and O–H groups in total. The Morgan fingerprint density at radius 2 is 0.662 bits per heavy atom. The molecule has 0 aliphatic carbocycles. The number of unbranched alkanes of at least 4 members (excludes halogenated alkanes) is 47. The lowest BCUT2D eigenvalue weighted by Crippen LogP contribution is -2.45. The van der Waals surface area contributed by atoms with Gasteiger partial charge in [-0.3, -0.25) is 9.59 Å². The van der Waals surface area contributed by atoms with Crippen LogP contribution in [0.3, 0.4) is 0 Å². The summed E-state index contributed by atoms with van der Waals surface area (Å²) in [6, 6.07) is -0.628. The molecule has 0 aliphatic rings. The second kappa shape index (κ2) is 60.9. The molecule has 0 saturated carbocycles. The standard InChI is InChI=1S/C65H125NO5/c1-3-5-7-9-11-13-15-17-19-20-24-28-31-35-39-43-47-51-55-59-65(70)71-60-56-52-48-44-40-36-32-29-26-23-21-22-25-27-30-34-38-42-46-50-54-58-64(69)66-62(61-67)63(68)57-53-49-45-41-37-33-18-16-14-12-10-8-6-4-2/h17,19,53,57,62-63,67-68H,3-16,18,20-52,54-56,58-61H2,1-2H3,(H,66,69)/b19-17-,57-53+. The third-order valence-corrected chi connectivity index (χ3v) is 15.0. The van der Waals surface area contributed by atoms with E-state index >= 15 is 0 Å². The molecule has 2 atom stereocenters. The van der Waals surface area contributed by atoms with Gasteiger partial charge in [-0.05, 0) is 57.8 Å². The van der Waals surface area contributed by atoms with Crippen LogP contribution in [0.1, 0.15) is 354 Å². The summed E-state index contributed by atoms with van der Waals surface area (Å²) in [4.78, 5) is 24.6. The molecule has 0 rings (SSSR count). The first-order valence-electron chi connectivity index (χ1n) is 32.1. The Hall–Kier alpha value is -1.66. The maximum absolute atomic E-state index is 12.5. The van der Waals surface area contributed by atoms with Crippen LogP contribution >= 0.6 is 0 Å². The first-order valence-corrected chi connectivity index (χ1v) is 32.1. The zero-order chi connectivity index (χ0) is 51.4. The Balaban J connectivity index is 3.38. The zero-order valence-corrected chi connectivity index (χ0v) is 48.0. The molecule has 1 amide bonds. The number of ether oxygens (including phenoxy) is 1. The number of carbonyl (C=O) groups is 2. The van der Waals surface area contributed by atoms with E-state index in [0.29, 0.717) is 19.4 Å². The Kier molecular flexibility index (Phi) is 59.5. The normalized spacial score (nSPS) is 12.7. The Bertz CT molecular complexity index is 1110. The molecule has 0 aromatic heterocycles. The van der Waals surface area contributed by atoms with Gasteiger partial charge in [-0.2, -0.15) is 0 Å². The van der Waals surface area contributed by atoms with E-state index in [1.807, 2.05) is 6.08 Å². The average Bonchev–Trinajstić information content (AvgIpc) is 3.37. The van der Waals surface area contributed by atoms with Crippen molar-refractivity contribution in [2.45, 2.75) is 366 Å². The van der Waals surface area contributed by atoms with Gasteiger partial charge in [0.2, 0.25) is 5.91 Å². The molecular formula is C65H125NO5. The lowest BCUT2D eigenvalue weighted by atomic mass is 10.0. The molecule has 0 spiro atoms. The summed E-state index contributed by atoms with van der Waals surface area (Å²) in [5.41, 5.74) is 0. The number of hydrogen-bond donors (Lipinski definition) is 3. The van der Waals surface area contributed by atoms with Crippen LogP contribution in [0.25, 0.3) is 0 Å². The van der Waals surface area contributed by atoms with E-state index in [4.69, 9.17) is 4.74 Å². The van der Waals surface area contributed by atoms with E-state index in [2.05, 4.69) is 31.3 Å². The fraction of sp³-hybridized carbons (Fsp3) is 0.908. The maximum atomic E-state index is 12.5. The minimum Gasteiger partial charge on any atom is -0.466 e. The monoisotopic (exact) mass is 1000 g/mol. The Morgan fingerprint density at radius 1 is 0.380 bits per heavy atom. The number of hydrogen-bond acceptors (Lipinski definition) is 5. The third-order valence-electron chi connectivity index (χ3n) is 15.0. The predicted octanol–water partition coefficient (Wildman–Crippen LogP) is 20.2. The molecule has 71 heavy (non-hydrogen) atoms. The van der Waals surface area contributed by atoms with Crippen molar-refractivity contribution < 1.29 is 24.5 Å². The van der Waals surface area contributed by atoms with Crippen molar-refractivity contribution in [3.63, 3.8) is 0 Å². The van der Waals surface area contributed by atoms with Crippen molar-refractivity contribution in [2.75, 3.05) is 13.2 Å². The number of nitrogens with one attached hydrogen (secondary N) is 1. The van der Waals surface area contributed by atoms with E-state index in [1.54, 1.807) is 6.08 Å². The van der Waals surface area contributed by atoms with E-state index in [9.17, 15) is 19.8 Å². The zero-order valence-electron chi connectivity index (χ0n) is 48.0. The summed E-state index contributed by atoms with van der Waals surface area (Å²) in [5, 5.41) is 23.1. The lowest BCUT2D eigenvalue weighted by molar-refractivity contribution is -0.143. The van der Waals surface area contributed by atoms with Crippen LogP contribution in [0, 0.1) is 0 Å². The van der Waals surface area contributed by atoms with Crippen LogP contribution in [-0.4, -0.2) is 47.4 Å². The summed E-state index contributed by atoms with van der Waals surface area (Å²) in [7, 11) is 0. The second-order valence-electron chi connectivity index (χ2n) is 22.1. The molecule has 6 nitrogen and oxygen atoms in total. The van der Waals surface area contributed by atoms with Crippen LogP contribution in [0.5, 0.6) is 0 Å². The SMILES string of the molecule is CCCCCCCC/C=C\CCCCCCCCCCCC(=O)OCCCCCCCCCCCCCCCCCCCCCCCC(=O)NC(CO)C(O)/C=C/CCCCCCCCCCCCCC. The average molecular weight is 1000 g/mol. The first kappa shape index (κ1) is 69.3. The van der Waals surface area contributed by atoms with Crippen molar-refractivity contribution in [2.24, 2.45) is 0 Å².